The van der Waals surface area contributed by atoms with Crippen molar-refractivity contribution in [2.45, 2.75) is 42.5 Å². The Kier molecular flexibility index (Phi) is 7.20. The molecule has 0 heterocycles. The summed E-state index contributed by atoms with van der Waals surface area (Å²) in [5.41, 5.74) is -0.319. The maximum absolute atomic E-state index is 12.3. The van der Waals surface area contributed by atoms with Gasteiger partial charge in [-0.05, 0) is 63.6 Å². The van der Waals surface area contributed by atoms with E-state index in [-0.39, 0.29) is 28.5 Å². The molecule has 2 rings (SSSR count). The van der Waals surface area contributed by atoms with Gasteiger partial charge in [0.2, 0.25) is 10.0 Å². The fraction of sp³-hybridized carbons (Fsp3) is 0.350. The smallest absolute Gasteiger partial charge is 0.251 e. The van der Waals surface area contributed by atoms with E-state index in [1.807, 2.05) is 0 Å². The molecule has 0 atom stereocenters. The molecule has 0 saturated carbocycles. The molecule has 0 unspecified atom stereocenters. The van der Waals surface area contributed by atoms with Crippen LogP contribution in [0.1, 0.15) is 37.6 Å². The number of carbonyl (C=O) groups excluding carboxylic acids is 1. The Balaban J connectivity index is 1.90. The summed E-state index contributed by atoms with van der Waals surface area (Å²) in [6.07, 6.45) is 0.269. The highest BCUT2D eigenvalue weighted by Gasteiger charge is 2.22. The Morgan fingerprint density at radius 3 is 2.00 bits per heavy atom. The number of carbonyl (C=O) groups is 1. The third-order valence-corrected chi connectivity index (χ3v) is 7.44. The highest BCUT2D eigenvalue weighted by molar-refractivity contribution is 7.91. The highest BCUT2D eigenvalue weighted by atomic mass is 32.2. The van der Waals surface area contributed by atoms with E-state index >= 15 is 0 Å². The molecule has 0 radical (unpaired) electrons. The molecule has 2 N–H and O–H groups in total. The van der Waals surface area contributed by atoms with Crippen LogP contribution in [0.3, 0.4) is 0 Å². The van der Waals surface area contributed by atoms with Gasteiger partial charge in [-0.1, -0.05) is 18.2 Å². The van der Waals surface area contributed by atoms with Crippen LogP contribution in [0.5, 0.6) is 0 Å². The SMILES string of the molecule is CC(C)(C)NS(=O)(=O)c1ccc(C(=O)NCCCS(=O)(=O)c2ccccc2)cc1. The molecule has 0 fully saturated rings. The summed E-state index contributed by atoms with van der Waals surface area (Å²) in [5, 5.41) is 2.65. The minimum absolute atomic E-state index is 0.0675. The van der Waals surface area contributed by atoms with Gasteiger partial charge in [-0.2, -0.15) is 0 Å². The van der Waals surface area contributed by atoms with Crippen molar-refractivity contribution in [3.8, 4) is 0 Å². The van der Waals surface area contributed by atoms with Crippen LogP contribution in [0.25, 0.3) is 0 Å². The number of hydrogen-bond donors (Lipinski definition) is 2. The normalized spacial score (nSPS) is 12.5. The lowest BCUT2D eigenvalue weighted by molar-refractivity contribution is 0.0953. The van der Waals surface area contributed by atoms with Crippen molar-refractivity contribution in [2.24, 2.45) is 0 Å². The Morgan fingerprint density at radius 1 is 0.862 bits per heavy atom. The first-order valence-corrected chi connectivity index (χ1v) is 12.2. The monoisotopic (exact) mass is 438 g/mol. The predicted molar refractivity (Wildman–Crippen MR) is 112 cm³/mol. The van der Waals surface area contributed by atoms with Gasteiger partial charge in [-0.3, -0.25) is 4.79 Å². The molecule has 0 aromatic heterocycles. The first-order valence-electron chi connectivity index (χ1n) is 9.11. The molecule has 0 aliphatic heterocycles. The third kappa shape index (κ3) is 6.95. The lowest BCUT2D eigenvalue weighted by atomic mass is 10.1. The minimum Gasteiger partial charge on any atom is -0.352 e. The molecule has 2 aromatic rings. The van der Waals surface area contributed by atoms with Gasteiger partial charge in [0.1, 0.15) is 0 Å². The van der Waals surface area contributed by atoms with Gasteiger partial charge in [-0.15, -0.1) is 0 Å². The zero-order valence-corrected chi connectivity index (χ0v) is 18.3. The van der Waals surface area contributed by atoms with Gasteiger partial charge in [-0.25, -0.2) is 21.6 Å². The van der Waals surface area contributed by atoms with Crippen molar-refractivity contribution < 1.29 is 21.6 Å². The van der Waals surface area contributed by atoms with E-state index in [1.165, 1.54) is 36.4 Å². The van der Waals surface area contributed by atoms with Crippen LogP contribution in [-0.4, -0.2) is 40.6 Å². The number of sulfonamides is 1. The molecule has 0 saturated heterocycles. The van der Waals surface area contributed by atoms with Gasteiger partial charge in [0.25, 0.3) is 5.91 Å². The van der Waals surface area contributed by atoms with Gasteiger partial charge in [0.15, 0.2) is 9.84 Å². The van der Waals surface area contributed by atoms with Crippen LogP contribution in [0.15, 0.2) is 64.4 Å². The van der Waals surface area contributed by atoms with E-state index in [9.17, 15) is 21.6 Å². The molecular weight excluding hydrogens is 412 g/mol. The molecule has 0 bridgehead atoms. The standard InChI is InChI=1S/C20H26N2O5S2/c1-20(2,3)22-29(26,27)18-12-10-16(11-13-18)19(23)21-14-7-15-28(24,25)17-8-5-4-6-9-17/h4-6,8-13,22H,7,14-15H2,1-3H3,(H,21,23). The molecule has 0 spiro atoms. The first kappa shape index (κ1) is 23.1. The van der Waals surface area contributed by atoms with Crippen LogP contribution >= 0.6 is 0 Å². The third-order valence-electron chi connectivity index (χ3n) is 3.85. The van der Waals surface area contributed by atoms with Crippen LogP contribution in [0, 0.1) is 0 Å². The summed E-state index contributed by atoms with van der Waals surface area (Å²) in [7, 11) is -7.06. The van der Waals surface area contributed by atoms with Crippen molar-refractivity contribution in [3.05, 3.63) is 60.2 Å². The van der Waals surface area contributed by atoms with Crippen molar-refractivity contribution in [1.82, 2.24) is 10.0 Å². The van der Waals surface area contributed by atoms with E-state index in [0.717, 1.165) is 0 Å². The Bertz CT molecular complexity index is 1040. The second kappa shape index (κ2) is 9.06. The summed E-state index contributed by atoms with van der Waals surface area (Å²) in [5.74, 6) is -0.470. The molecule has 2 aromatic carbocycles. The molecule has 1 amide bonds. The van der Waals surface area contributed by atoms with E-state index in [4.69, 9.17) is 0 Å². The largest absolute Gasteiger partial charge is 0.352 e. The molecule has 9 heteroatoms. The van der Waals surface area contributed by atoms with Gasteiger partial charge >= 0.3 is 0 Å². The molecule has 158 valence electrons. The zero-order valence-electron chi connectivity index (χ0n) is 16.7. The quantitative estimate of drug-likeness (QED) is 0.615. The van der Waals surface area contributed by atoms with Gasteiger partial charge in [0.05, 0.1) is 15.5 Å². The number of hydrogen-bond acceptors (Lipinski definition) is 5. The summed E-state index contributed by atoms with van der Waals surface area (Å²) < 4.78 is 51.5. The predicted octanol–water partition coefficient (Wildman–Crippen LogP) is 2.36. The Hall–Kier alpha value is -2.23. The summed E-state index contributed by atoms with van der Waals surface area (Å²) in [6.45, 7) is 5.41. The van der Waals surface area contributed by atoms with Crippen molar-refractivity contribution in [2.75, 3.05) is 12.3 Å². The van der Waals surface area contributed by atoms with Crippen molar-refractivity contribution in [1.29, 1.82) is 0 Å². The van der Waals surface area contributed by atoms with Crippen LogP contribution in [0.4, 0.5) is 0 Å². The van der Waals surface area contributed by atoms with Crippen LogP contribution in [-0.2, 0) is 19.9 Å². The number of benzene rings is 2. The topological polar surface area (TPSA) is 109 Å². The second-order valence-corrected chi connectivity index (χ2v) is 11.4. The average molecular weight is 439 g/mol. The molecule has 7 nitrogen and oxygen atoms in total. The van der Waals surface area contributed by atoms with Gasteiger partial charge < -0.3 is 5.32 Å². The fourth-order valence-corrected chi connectivity index (χ4v) is 5.31. The number of rotatable bonds is 8. The average Bonchev–Trinajstić information content (AvgIpc) is 2.64. The first-order chi connectivity index (χ1) is 13.4. The molecular formula is C20H26N2O5S2. The number of amides is 1. The Morgan fingerprint density at radius 2 is 1.45 bits per heavy atom. The van der Waals surface area contributed by atoms with Gasteiger partial charge in [0, 0.05) is 17.6 Å². The Labute approximate surface area is 172 Å². The van der Waals surface area contributed by atoms with E-state index in [2.05, 4.69) is 10.0 Å². The minimum atomic E-state index is -3.67. The zero-order chi connectivity index (χ0) is 21.7. The summed E-state index contributed by atoms with van der Waals surface area (Å²) >= 11 is 0. The maximum Gasteiger partial charge on any atom is 0.251 e. The van der Waals surface area contributed by atoms with Crippen LogP contribution < -0.4 is 10.0 Å². The maximum atomic E-state index is 12.3. The molecule has 0 aliphatic carbocycles. The fourth-order valence-electron chi connectivity index (χ4n) is 2.56. The lowest BCUT2D eigenvalue weighted by Gasteiger charge is -2.20. The number of nitrogens with one attached hydrogen (secondary N) is 2. The van der Waals surface area contributed by atoms with Crippen molar-refractivity contribution in [3.63, 3.8) is 0 Å². The van der Waals surface area contributed by atoms with Crippen molar-refractivity contribution >= 4 is 25.8 Å². The summed E-state index contributed by atoms with van der Waals surface area (Å²) in [6, 6.07) is 13.7. The van der Waals surface area contributed by atoms with Crippen LogP contribution in [0.2, 0.25) is 0 Å². The summed E-state index contributed by atoms with van der Waals surface area (Å²) in [4.78, 5) is 12.5. The lowest BCUT2D eigenvalue weighted by Crippen LogP contribution is -2.40. The van der Waals surface area contributed by atoms with E-state index < -0.39 is 31.3 Å². The molecule has 29 heavy (non-hydrogen) atoms. The second-order valence-electron chi connectivity index (χ2n) is 7.62. The highest BCUT2D eigenvalue weighted by Crippen LogP contribution is 2.14. The van der Waals surface area contributed by atoms with E-state index in [1.54, 1.807) is 39.0 Å². The number of sulfone groups is 1. The van der Waals surface area contributed by atoms with E-state index in [0.29, 0.717) is 5.56 Å². The molecule has 0 aliphatic rings.